The zero-order chi connectivity index (χ0) is 15.9. The summed E-state index contributed by atoms with van der Waals surface area (Å²) in [4.78, 5) is 22.4. The number of fused-ring (bicyclic) bond motifs is 1. The molecule has 2 atom stereocenters. The lowest BCUT2D eigenvalue weighted by Gasteiger charge is -2.27. The van der Waals surface area contributed by atoms with Crippen molar-refractivity contribution in [1.29, 1.82) is 0 Å². The highest BCUT2D eigenvalue weighted by atomic mass is 16.5. The summed E-state index contributed by atoms with van der Waals surface area (Å²) in [5.41, 5.74) is 2.41. The Hall–Kier alpha value is -1.71. The molecule has 0 saturated carbocycles. The molecular weight excluding hydrogens is 278 g/mol. The summed E-state index contributed by atoms with van der Waals surface area (Å²) in [7, 11) is 0. The van der Waals surface area contributed by atoms with E-state index in [0.29, 0.717) is 18.1 Å². The van der Waals surface area contributed by atoms with Crippen LogP contribution in [0.5, 0.6) is 5.75 Å². The van der Waals surface area contributed by atoms with Crippen LogP contribution in [0.2, 0.25) is 0 Å². The number of ether oxygens (including phenoxy) is 1. The van der Waals surface area contributed by atoms with E-state index in [2.05, 4.69) is 18.2 Å². The molecule has 0 N–H and O–H groups in total. The fourth-order valence-corrected chi connectivity index (χ4v) is 3.27. The molecule has 0 heterocycles. The highest BCUT2D eigenvalue weighted by Crippen LogP contribution is 2.34. The Morgan fingerprint density at radius 2 is 2.23 bits per heavy atom. The van der Waals surface area contributed by atoms with E-state index >= 15 is 0 Å². The van der Waals surface area contributed by atoms with Gasteiger partial charge in [0.15, 0.2) is 0 Å². The number of esters is 1. The van der Waals surface area contributed by atoms with Crippen molar-refractivity contribution in [2.45, 2.75) is 64.8 Å². The number of nitrogens with zero attached hydrogens (tertiary/aromatic N) is 1. The Balaban J connectivity index is 2.06. The van der Waals surface area contributed by atoms with Crippen molar-refractivity contribution in [2.24, 2.45) is 11.1 Å². The van der Waals surface area contributed by atoms with Crippen molar-refractivity contribution < 1.29 is 9.53 Å². The molecule has 0 aromatic heterocycles. The number of rotatable bonds is 7. The van der Waals surface area contributed by atoms with Crippen molar-refractivity contribution >= 4 is 5.97 Å². The number of nitroso groups, excluding NO2 is 1. The molecule has 1 aromatic carbocycles. The number of carbonyl (C=O) groups is 1. The van der Waals surface area contributed by atoms with Gasteiger partial charge in [0.1, 0.15) is 5.75 Å². The highest BCUT2D eigenvalue weighted by molar-refractivity contribution is 5.72. The Labute approximate surface area is 132 Å². The average Bonchev–Trinajstić information content (AvgIpc) is 2.54. The summed E-state index contributed by atoms with van der Waals surface area (Å²) in [6.07, 6.45) is 6.01. The lowest BCUT2D eigenvalue weighted by molar-refractivity contribution is -0.134. The van der Waals surface area contributed by atoms with Gasteiger partial charge in [0.05, 0.1) is 6.04 Å². The van der Waals surface area contributed by atoms with Gasteiger partial charge in [-0.05, 0) is 55.2 Å². The smallest absolute Gasteiger partial charge is 0.310 e. The summed E-state index contributed by atoms with van der Waals surface area (Å²) in [6, 6.07) is 5.87. The monoisotopic (exact) mass is 303 g/mol. The zero-order valence-electron chi connectivity index (χ0n) is 13.5. The van der Waals surface area contributed by atoms with E-state index in [4.69, 9.17) is 4.74 Å². The van der Waals surface area contributed by atoms with Crippen LogP contribution in [-0.4, -0.2) is 12.0 Å². The fraction of sp³-hybridized carbons (Fsp3) is 0.611. The summed E-state index contributed by atoms with van der Waals surface area (Å²) >= 11 is 0. The molecule has 1 aliphatic rings. The predicted octanol–water partition coefficient (Wildman–Crippen LogP) is 4.43. The van der Waals surface area contributed by atoms with Crippen LogP contribution in [0.25, 0.3) is 0 Å². The van der Waals surface area contributed by atoms with Crippen LogP contribution < -0.4 is 4.74 Å². The van der Waals surface area contributed by atoms with Gasteiger partial charge in [-0.15, -0.1) is 0 Å². The van der Waals surface area contributed by atoms with Crippen LogP contribution >= 0.6 is 0 Å². The predicted molar refractivity (Wildman–Crippen MR) is 87.0 cm³/mol. The maximum atomic E-state index is 11.5. The van der Waals surface area contributed by atoms with Gasteiger partial charge in [-0.25, -0.2) is 0 Å². The molecule has 2 unspecified atom stereocenters. The second-order valence-corrected chi connectivity index (χ2v) is 6.11. The standard InChI is InChI=1S/C18H25NO3/c1-3-6-15(19-21)12-13-9-10-16-14(11-13)7-5-8-17(16)22-18(20)4-2/h5,7-8,13,15H,3-4,6,9-12H2,1-2H3. The van der Waals surface area contributed by atoms with Gasteiger partial charge in [0, 0.05) is 6.42 Å². The third-order valence-corrected chi connectivity index (χ3v) is 4.43. The van der Waals surface area contributed by atoms with Gasteiger partial charge in [-0.3, -0.25) is 4.79 Å². The molecule has 2 rings (SSSR count). The van der Waals surface area contributed by atoms with Crippen LogP contribution in [0.15, 0.2) is 23.4 Å². The number of benzene rings is 1. The first-order valence-corrected chi connectivity index (χ1v) is 8.31. The number of hydrogen-bond acceptors (Lipinski definition) is 4. The maximum absolute atomic E-state index is 11.5. The minimum absolute atomic E-state index is 0.0577. The summed E-state index contributed by atoms with van der Waals surface area (Å²) < 4.78 is 5.43. The van der Waals surface area contributed by atoms with Crippen LogP contribution in [0.1, 0.15) is 57.1 Å². The summed E-state index contributed by atoms with van der Waals surface area (Å²) in [5, 5.41) is 3.28. The van der Waals surface area contributed by atoms with E-state index in [-0.39, 0.29) is 12.0 Å². The molecule has 1 aromatic rings. The molecule has 0 amide bonds. The van der Waals surface area contributed by atoms with E-state index in [0.717, 1.165) is 44.1 Å². The molecule has 0 spiro atoms. The second kappa shape index (κ2) is 8.06. The number of hydrogen-bond donors (Lipinski definition) is 0. The largest absolute Gasteiger partial charge is 0.426 e. The van der Waals surface area contributed by atoms with E-state index < -0.39 is 0 Å². The van der Waals surface area contributed by atoms with Gasteiger partial charge >= 0.3 is 5.97 Å². The quantitative estimate of drug-likeness (QED) is 0.425. The van der Waals surface area contributed by atoms with Crippen LogP contribution in [0.4, 0.5) is 0 Å². The Morgan fingerprint density at radius 1 is 1.41 bits per heavy atom. The molecule has 1 aliphatic carbocycles. The van der Waals surface area contributed by atoms with Crippen LogP contribution in [-0.2, 0) is 17.6 Å². The van der Waals surface area contributed by atoms with Gasteiger partial charge in [0.2, 0.25) is 0 Å². The number of carbonyl (C=O) groups excluding carboxylic acids is 1. The summed E-state index contributed by atoms with van der Waals surface area (Å²) in [5.74, 6) is 1.02. The van der Waals surface area contributed by atoms with Gasteiger partial charge in [0.25, 0.3) is 0 Å². The van der Waals surface area contributed by atoms with Crippen LogP contribution in [0, 0.1) is 10.8 Å². The van der Waals surface area contributed by atoms with Crippen molar-refractivity contribution in [3.8, 4) is 5.75 Å². The minimum atomic E-state index is -0.191. The Bertz CT molecular complexity index is 527. The van der Waals surface area contributed by atoms with E-state index in [1.54, 1.807) is 6.92 Å². The molecular formula is C18H25NO3. The van der Waals surface area contributed by atoms with Crippen LogP contribution in [0.3, 0.4) is 0 Å². The third-order valence-electron chi connectivity index (χ3n) is 4.43. The molecule has 0 fully saturated rings. The first kappa shape index (κ1) is 16.7. The zero-order valence-corrected chi connectivity index (χ0v) is 13.5. The first-order valence-electron chi connectivity index (χ1n) is 8.31. The lowest BCUT2D eigenvalue weighted by atomic mass is 9.80. The Morgan fingerprint density at radius 3 is 2.91 bits per heavy atom. The first-order chi connectivity index (χ1) is 10.7. The molecule has 4 nitrogen and oxygen atoms in total. The summed E-state index contributed by atoms with van der Waals surface area (Å²) in [6.45, 7) is 3.89. The van der Waals surface area contributed by atoms with Crippen molar-refractivity contribution in [3.05, 3.63) is 34.2 Å². The fourth-order valence-electron chi connectivity index (χ4n) is 3.27. The highest BCUT2D eigenvalue weighted by Gasteiger charge is 2.24. The average molecular weight is 303 g/mol. The Kier molecular flexibility index (Phi) is 6.10. The second-order valence-electron chi connectivity index (χ2n) is 6.11. The van der Waals surface area contributed by atoms with Crippen molar-refractivity contribution in [2.75, 3.05) is 0 Å². The minimum Gasteiger partial charge on any atom is -0.426 e. The van der Waals surface area contributed by atoms with E-state index in [1.165, 1.54) is 5.56 Å². The van der Waals surface area contributed by atoms with Gasteiger partial charge < -0.3 is 4.74 Å². The lowest BCUT2D eigenvalue weighted by Crippen LogP contribution is -2.20. The molecule has 0 bridgehead atoms. The normalized spacial score (nSPS) is 18.4. The van der Waals surface area contributed by atoms with Gasteiger partial charge in [-0.1, -0.05) is 37.6 Å². The van der Waals surface area contributed by atoms with E-state index in [1.807, 2.05) is 12.1 Å². The third kappa shape index (κ3) is 4.15. The van der Waals surface area contributed by atoms with E-state index in [9.17, 15) is 9.70 Å². The van der Waals surface area contributed by atoms with Crippen molar-refractivity contribution in [3.63, 3.8) is 0 Å². The maximum Gasteiger partial charge on any atom is 0.310 e. The topological polar surface area (TPSA) is 55.7 Å². The molecule has 0 radical (unpaired) electrons. The molecule has 0 saturated heterocycles. The molecule has 0 aliphatic heterocycles. The van der Waals surface area contributed by atoms with Gasteiger partial charge in [-0.2, -0.15) is 4.91 Å². The molecule has 22 heavy (non-hydrogen) atoms. The SMILES string of the molecule is CCCC(CC1CCc2c(cccc2OC(=O)CC)C1)N=O. The van der Waals surface area contributed by atoms with Crippen molar-refractivity contribution in [1.82, 2.24) is 0 Å². The molecule has 4 heteroatoms. The molecule has 120 valence electrons.